The molecular formula is C17H26N2O3S. The molecule has 1 aliphatic carbocycles. The minimum atomic E-state index is -3.47. The molecule has 23 heavy (non-hydrogen) atoms. The summed E-state index contributed by atoms with van der Waals surface area (Å²) in [6.07, 6.45) is 5.39. The minimum absolute atomic E-state index is 0.0426. The Kier molecular flexibility index (Phi) is 6.18. The molecule has 2 rings (SSSR count). The molecule has 0 spiro atoms. The summed E-state index contributed by atoms with van der Waals surface area (Å²) in [7, 11) is -3.47. The lowest BCUT2D eigenvalue weighted by molar-refractivity contribution is -0.117. The summed E-state index contributed by atoms with van der Waals surface area (Å²) in [5.74, 6) is 0.296. The fourth-order valence-electron chi connectivity index (χ4n) is 2.72. The molecule has 0 heterocycles. The van der Waals surface area contributed by atoms with Crippen molar-refractivity contribution in [2.24, 2.45) is 5.92 Å². The van der Waals surface area contributed by atoms with Gasteiger partial charge in [-0.2, -0.15) is 0 Å². The fourth-order valence-corrected chi connectivity index (χ4v) is 4.03. The number of hydrogen-bond donors (Lipinski definition) is 2. The van der Waals surface area contributed by atoms with E-state index in [0.717, 1.165) is 32.1 Å². The second kappa shape index (κ2) is 7.93. The Morgan fingerprint density at radius 3 is 2.39 bits per heavy atom. The van der Waals surface area contributed by atoms with Crippen LogP contribution in [0.4, 0.5) is 5.69 Å². The van der Waals surface area contributed by atoms with Gasteiger partial charge in [0.15, 0.2) is 0 Å². The van der Waals surface area contributed by atoms with Gasteiger partial charge in [0.2, 0.25) is 15.9 Å². The molecule has 1 aliphatic rings. The van der Waals surface area contributed by atoms with Crippen molar-refractivity contribution >= 4 is 21.6 Å². The molecule has 1 fully saturated rings. The smallest absolute Gasteiger partial charge is 0.240 e. The number of benzene rings is 1. The summed E-state index contributed by atoms with van der Waals surface area (Å²) in [4.78, 5) is 12.1. The number of nitrogens with one attached hydrogen (secondary N) is 2. The number of sulfonamides is 1. The average Bonchev–Trinajstić information content (AvgIpc) is 2.99. The van der Waals surface area contributed by atoms with Crippen molar-refractivity contribution in [2.45, 2.75) is 63.3 Å². The van der Waals surface area contributed by atoms with Crippen LogP contribution in [-0.2, 0) is 14.8 Å². The van der Waals surface area contributed by atoms with Crippen molar-refractivity contribution < 1.29 is 13.2 Å². The van der Waals surface area contributed by atoms with Gasteiger partial charge in [-0.25, -0.2) is 13.1 Å². The van der Waals surface area contributed by atoms with E-state index in [-0.39, 0.29) is 16.8 Å². The molecule has 1 aromatic carbocycles. The average molecular weight is 338 g/mol. The molecule has 1 amide bonds. The number of carbonyl (C=O) groups is 1. The number of carbonyl (C=O) groups excluding carboxylic acids is 1. The first-order chi connectivity index (χ1) is 10.9. The van der Waals surface area contributed by atoms with E-state index in [1.807, 2.05) is 6.92 Å². The molecule has 128 valence electrons. The number of rotatable bonds is 7. The highest BCUT2D eigenvalue weighted by Crippen LogP contribution is 2.21. The molecule has 5 nitrogen and oxygen atoms in total. The molecule has 0 aliphatic heterocycles. The highest BCUT2D eigenvalue weighted by atomic mass is 32.2. The van der Waals surface area contributed by atoms with Crippen molar-refractivity contribution in [1.29, 1.82) is 0 Å². The van der Waals surface area contributed by atoms with Gasteiger partial charge in [0.05, 0.1) is 4.90 Å². The van der Waals surface area contributed by atoms with Gasteiger partial charge in [0, 0.05) is 18.2 Å². The fraction of sp³-hybridized carbons (Fsp3) is 0.588. The van der Waals surface area contributed by atoms with Crippen molar-refractivity contribution in [2.75, 3.05) is 5.32 Å². The Hall–Kier alpha value is -1.40. The summed E-state index contributed by atoms with van der Waals surface area (Å²) in [5.41, 5.74) is 0.623. The summed E-state index contributed by atoms with van der Waals surface area (Å²) in [5, 5.41) is 2.80. The Balaban J connectivity index is 1.96. The number of amides is 1. The lowest BCUT2D eigenvalue weighted by atomic mass is 10.1. The third-order valence-electron chi connectivity index (χ3n) is 4.36. The molecule has 0 bridgehead atoms. The van der Waals surface area contributed by atoms with Crippen LogP contribution < -0.4 is 10.0 Å². The summed E-state index contributed by atoms with van der Waals surface area (Å²) < 4.78 is 27.4. The molecular weight excluding hydrogens is 312 g/mol. The predicted molar refractivity (Wildman–Crippen MR) is 91.7 cm³/mol. The zero-order valence-corrected chi connectivity index (χ0v) is 14.7. The van der Waals surface area contributed by atoms with Crippen LogP contribution in [0, 0.1) is 5.92 Å². The molecule has 0 aromatic heterocycles. The van der Waals surface area contributed by atoms with E-state index in [0.29, 0.717) is 18.0 Å². The van der Waals surface area contributed by atoms with Gasteiger partial charge in [-0.3, -0.25) is 4.79 Å². The summed E-state index contributed by atoms with van der Waals surface area (Å²) >= 11 is 0. The van der Waals surface area contributed by atoms with E-state index in [2.05, 4.69) is 17.0 Å². The largest absolute Gasteiger partial charge is 0.326 e. The Morgan fingerprint density at radius 1 is 1.22 bits per heavy atom. The van der Waals surface area contributed by atoms with E-state index < -0.39 is 10.0 Å². The molecule has 6 heteroatoms. The normalized spacial score (nSPS) is 17.1. The van der Waals surface area contributed by atoms with E-state index in [4.69, 9.17) is 0 Å². The maximum atomic E-state index is 12.3. The van der Waals surface area contributed by atoms with Crippen LogP contribution in [-0.4, -0.2) is 20.4 Å². The Morgan fingerprint density at radius 2 is 1.83 bits per heavy atom. The van der Waals surface area contributed by atoms with Crippen LogP contribution in [0.5, 0.6) is 0 Å². The third-order valence-corrected chi connectivity index (χ3v) is 5.89. The molecule has 0 saturated heterocycles. The zero-order chi connectivity index (χ0) is 16.9. The van der Waals surface area contributed by atoms with E-state index >= 15 is 0 Å². The Bertz CT molecular complexity index is 620. The molecule has 1 aromatic rings. The number of hydrogen-bond acceptors (Lipinski definition) is 3. The maximum absolute atomic E-state index is 12.3. The quantitative estimate of drug-likeness (QED) is 0.801. The van der Waals surface area contributed by atoms with E-state index in [1.165, 1.54) is 12.1 Å². The first kappa shape index (κ1) is 17.9. The van der Waals surface area contributed by atoms with Gasteiger partial charge in [0.1, 0.15) is 0 Å². The highest BCUT2D eigenvalue weighted by Gasteiger charge is 2.22. The predicted octanol–water partition coefficient (Wildman–Crippen LogP) is 3.28. The van der Waals surface area contributed by atoms with E-state index in [9.17, 15) is 13.2 Å². The van der Waals surface area contributed by atoms with E-state index in [1.54, 1.807) is 12.1 Å². The molecule has 0 unspecified atom stereocenters. The molecule has 0 radical (unpaired) electrons. The lowest BCUT2D eigenvalue weighted by Crippen LogP contribution is -2.32. The summed E-state index contributed by atoms with van der Waals surface area (Å²) in [6, 6.07) is 6.40. The van der Waals surface area contributed by atoms with Crippen molar-refractivity contribution in [3.63, 3.8) is 0 Å². The molecule has 1 saturated carbocycles. The lowest BCUT2D eigenvalue weighted by Gasteiger charge is -2.13. The second-order valence-electron chi connectivity index (χ2n) is 6.39. The second-order valence-corrected chi connectivity index (χ2v) is 8.11. The highest BCUT2D eigenvalue weighted by molar-refractivity contribution is 7.89. The van der Waals surface area contributed by atoms with Crippen LogP contribution >= 0.6 is 0 Å². The zero-order valence-electron chi connectivity index (χ0n) is 13.8. The van der Waals surface area contributed by atoms with Gasteiger partial charge in [-0.05, 0) is 43.0 Å². The van der Waals surface area contributed by atoms with Crippen LogP contribution in [0.2, 0.25) is 0 Å². The van der Waals surface area contributed by atoms with Gasteiger partial charge >= 0.3 is 0 Å². The topological polar surface area (TPSA) is 75.3 Å². The minimum Gasteiger partial charge on any atom is -0.326 e. The van der Waals surface area contributed by atoms with Gasteiger partial charge in [-0.15, -0.1) is 0 Å². The molecule has 2 N–H and O–H groups in total. The standard InChI is InChI=1S/C17H26N2O3S/c1-3-13(2)12-17(20)18-14-8-10-16(11-9-14)23(21,22)19-15-6-4-5-7-15/h8-11,13,15,19H,3-7,12H2,1-2H3,(H,18,20)/t13-/m0/s1. The molecule has 1 atom stereocenters. The van der Waals surface area contributed by atoms with Gasteiger partial charge in [-0.1, -0.05) is 33.1 Å². The SMILES string of the molecule is CC[C@H](C)CC(=O)Nc1ccc(S(=O)(=O)NC2CCCC2)cc1. The van der Waals surface area contributed by atoms with Crippen molar-refractivity contribution in [3.8, 4) is 0 Å². The van der Waals surface area contributed by atoms with Crippen LogP contribution in [0.15, 0.2) is 29.2 Å². The first-order valence-corrected chi connectivity index (χ1v) is 9.81. The van der Waals surface area contributed by atoms with Crippen molar-refractivity contribution in [3.05, 3.63) is 24.3 Å². The monoisotopic (exact) mass is 338 g/mol. The number of anilines is 1. The first-order valence-electron chi connectivity index (χ1n) is 8.33. The maximum Gasteiger partial charge on any atom is 0.240 e. The third kappa shape index (κ3) is 5.32. The van der Waals surface area contributed by atoms with Crippen LogP contribution in [0.3, 0.4) is 0 Å². The van der Waals surface area contributed by atoms with Crippen LogP contribution in [0.1, 0.15) is 52.4 Å². The van der Waals surface area contributed by atoms with Crippen molar-refractivity contribution in [1.82, 2.24) is 4.72 Å². The van der Waals surface area contributed by atoms with Gasteiger partial charge < -0.3 is 5.32 Å². The van der Waals surface area contributed by atoms with Crippen LogP contribution in [0.25, 0.3) is 0 Å². The van der Waals surface area contributed by atoms with Gasteiger partial charge in [0.25, 0.3) is 0 Å². The Labute approximate surface area is 138 Å². The summed E-state index contributed by atoms with van der Waals surface area (Å²) in [6.45, 7) is 4.08.